The predicted molar refractivity (Wildman–Crippen MR) is 139 cm³/mol. The van der Waals surface area contributed by atoms with Crippen molar-refractivity contribution in [3.8, 4) is 5.69 Å². The molecule has 0 bridgehead atoms. The predicted octanol–water partition coefficient (Wildman–Crippen LogP) is 3.40. The number of anilines is 1. The van der Waals surface area contributed by atoms with E-state index in [0.29, 0.717) is 30.2 Å². The van der Waals surface area contributed by atoms with Crippen LogP contribution in [0.25, 0.3) is 5.69 Å². The number of morpholine rings is 1. The number of aryl methyl sites for hydroxylation is 1. The monoisotopic (exact) mass is 492 g/mol. The third-order valence-corrected chi connectivity index (χ3v) is 7.16. The van der Waals surface area contributed by atoms with Gasteiger partial charge in [0.05, 0.1) is 25.6 Å². The molecule has 1 aromatic heterocycles. The maximum Gasteiger partial charge on any atom is 0.251 e. The lowest BCUT2D eigenvalue weighted by Crippen LogP contribution is -2.45. The first-order valence-electron chi connectivity index (χ1n) is 12.3. The Morgan fingerprint density at radius 1 is 1.03 bits per heavy atom. The van der Waals surface area contributed by atoms with Crippen LogP contribution >= 0.6 is 12.2 Å². The summed E-state index contributed by atoms with van der Waals surface area (Å²) in [6.45, 7) is 7.47. The lowest BCUT2D eigenvalue weighted by Gasteiger charge is -2.32. The van der Waals surface area contributed by atoms with Crippen molar-refractivity contribution in [2.24, 2.45) is 0 Å². The molecule has 9 heteroatoms. The van der Waals surface area contributed by atoms with Crippen LogP contribution in [0.2, 0.25) is 0 Å². The highest BCUT2D eigenvalue weighted by Crippen LogP contribution is 2.24. The first-order valence-corrected chi connectivity index (χ1v) is 12.7. The van der Waals surface area contributed by atoms with E-state index in [1.807, 2.05) is 47.1 Å². The minimum absolute atomic E-state index is 0.00148. The van der Waals surface area contributed by atoms with Gasteiger partial charge in [0.1, 0.15) is 0 Å². The summed E-state index contributed by atoms with van der Waals surface area (Å²) in [5.41, 5.74) is 2.93. The van der Waals surface area contributed by atoms with Gasteiger partial charge >= 0.3 is 0 Å². The van der Waals surface area contributed by atoms with Crippen LogP contribution < -0.4 is 10.2 Å². The van der Waals surface area contributed by atoms with E-state index >= 15 is 0 Å². The van der Waals surface area contributed by atoms with E-state index in [1.165, 1.54) is 0 Å². The van der Waals surface area contributed by atoms with Crippen LogP contribution in [0.5, 0.6) is 0 Å². The molecule has 2 aliphatic heterocycles. The number of aromatic nitrogens is 3. The normalized spacial score (nSPS) is 17.5. The molecule has 5 rings (SSSR count). The van der Waals surface area contributed by atoms with Gasteiger partial charge in [-0.15, -0.1) is 5.10 Å². The highest BCUT2D eigenvalue weighted by molar-refractivity contribution is 7.71. The van der Waals surface area contributed by atoms with Gasteiger partial charge in [-0.1, -0.05) is 36.4 Å². The Morgan fingerprint density at radius 3 is 2.43 bits per heavy atom. The minimum Gasteiger partial charge on any atom is -0.378 e. The number of carbonyl (C=O) groups excluding carboxylic acids is 1. The number of hydrogen-bond donors (Lipinski definition) is 1. The number of hydrogen-bond acceptors (Lipinski definition) is 6. The lowest BCUT2D eigenvalue weighted by molar-refractivity contribution is 0.0896. The maximum atomic E-state index is 12.5. The van der Waals surface area contributed by atoms with Gasteiger partial charge in [-0.25, -0.2) is 4.68 Å². The largest absolute Gasteiger partial charge is 0.378 e. The van der Waals surface area contributed by atoms with Crippen molar-refractivity contribution in [1.29, 1.82) is 0 Å². The average molecular weight is 493 g/mol. The average Bonchev–Trinajstić information content (AvgIpc) is 3.22. The Bertz CT molecular complexity index is 1210. The molecule has 2 fully saturated rings. The van der Waals surface area contributed by atoms with E-state index in [-0.39, 0.29) is 11.9 Å². The Morgan fingerprint density at radius 2 is 1.71 bits per heavy atom. The molecule has 0 radical (unpaired) electrons. The number of likely N-dealkylation sites (tertiary alicyclic amines) is 1. The molecule has 0 saturated carbocycles. The van der Waals surface area contributed by atoms with Gasteiger partial charge < -0.3 is 15.0 Å². The smallest absolute Gasteiger partial charge is 0.251 e. The molecule has 3 aromatic rings. The number of ether oxygens (including phenoxy) is 1. The fourth-order valence-electron chi connectivity index (χ4n) is 4.75. The summed E-state index contributed by atoms with van der Waals surface area (Å²) in [6.07, 6.45) is 1.81. The van der Waals surface area contributed by atoms with Crippen LogP contribution in [-0.4, -0.2) is 70.6 Å². The Kier molecular flexibility index (Phi) is 7.26. The fraction of sp³-hybridized carbons (Fsp3) is 0.423. The molecule has 2 aliphatic rings. The molecule has 35 heavy (non-hydrogen) atoms. The highest BCUT2D eigenvalue weighted by atomic mass is 32.1. The van der Waals surface area contributed by atoms with Gasteiger partial charge in [-0.3, -0.25) is 14.3 Å². The molecule has 2 aromatic carbocycles. The fourth-order valence-corrected chi connectivity index (χ4v) is 5.03. The second-order valence-corrected chi connectivity index (χ2v) is 9.54. The van der Waals surface area contributed by atoms with Crippen molar-refractivity contribution >= 4 is 24.1 Å². The number of amides is 1. The molecule has 3 heterocycles. The second kappa shape index (κ2) is 10.7. The number of para-hydroxylation sites is 1. The topological polar surface area (TPSA) is 67.6 Å². The Hall–Kier alpha value is -3.01. The number of nitrogens with zero attached hydrogens (tertiary/aromatic N) is 5. The zero-order chi connectivity index (χ0) is 24.2. The van der Waals surface area contributed by atoms with Gasteiger partial charge in [0.25, 0.3) is 5.91 Å². The van der Waals surface area contributed by atoms with E-state index < -0.39 is 0 Å². The van der Waals surface area contributed by atoms with E-state index in [0.717, 1.165) is 56.2 Å². The standard InChI is InChI=1S/C26H32N6O2S/c1-20-7-5-6-10-23(20)32-25(30-15-17-34-18-16-30)28-31(26(32)35)19-29-13-11-22(12-14-29)27-24(33)21-8-3-2-4-9-21/h2-10,22H,11-19H2,1H3,(H,27,33). The molecule has 184 valence electrons. The highest BCUT2D eigenvalue weighted by Gasteiger charge is 2.25. The molecule has 1 amide bonds. The van der Waals surface area contributed by atoms with E-state index in [9.17, 15) is 4.79 Å². The van der Waals surface area contributed by atoms with Gasteiger partial charge in [-0.2, -0.15) is 0 Å². The van der Waals surface area contributed by atoms with Gasteiger partial charge in [0.15, 0.2) is 0 Å². The zero-order valence-corrected chi connectivity index (χ0v) is 20.9. The summed E-state index contributed by atoms with van der Waals surface area (Å²) >= 11 is 5.95. The first-order chi connectivity index (χ1) is 17.1. The third kappa shape index (κ3) is 5.32. The Balaban J connectivity index is 1.30. The van der Waals surface area contributed by atoms with Crippen LogP contribution in [0, 0.1) is 11.7 Å². The number of rotatable bonds is 6. The molecule has 0 spiro atoms. The molecule has 2 saturated heterocycles. The third-order valence-electron chi connectivity index (χ3n) is 6.77. The summed E-state index contributed by atoms with van der Waals surface area (Å²) < 4.78 is 10.3. The van der Waals surface area contributed by atoms with Crippen molar-refractivity contribution in [1.82, 2.24) is 24.6 Å². The van der Waals surface area contributed by atoms with E-state index in [1.54, 1.807) is 0 Å². The minimum atomic E-state index is -0.00148. The lowest BCUT2D eigenvalue weighted by atomic mass is 10.0. The summed E-state index contributed by atoms with van der Waals surface area (Å²) in [4.78, 5) is 17.1. The van der Waals surface area contributed by atoms with E-state index in [4.69, 9.17) is 22.1 Å². The number of nitrogens with one attached hydrogen (secondary N) is 1. The SMILES string of the molecule is Cc1ccccc1-n1c(N2CCOCC2)nn(CN2CCC(NC(=O)c3ccccc3)CC2)c1=S. The molecular formula is C26H32N6O2S. The van der Waals surface area contributed by atoms with Crippen LogP contribution in [0.4, 0.5) is 5.95 Å². The van der Waals surface area contributed by atoms with Crippen LogP contribution in [0.1, 0.15) is 28.8 Å². The molecule has 0 aliphatic carbocycles. The first kappa shape index (κ1) is 23.7. The molecule has 0 atom stereocenters. The molecule has 1 N–H and O–H groups in total. The second-order valence-electron chi connectivity index (χ2n) is 9.18. The summed E-state index contributed by atoms with van der Waals surface area (Å²) in [7, 11) is 0. The number of piperidine rings is 1. The summed E-state index contributed by atoms with van der Waals surface area (Å²) in [5.74, 6) is 0.871. The molecular weight excluding hydrogens is 460 g/mol. The van der Waals surface area contributed by atoms with Crippen molar-refractivity contribution in [3.05, 3.63) is 70.5 Å². The van der Waals surface area contributed by atoms with Crippen molar-refractivity contribution < 1.29 is 9.53 Å². The van der Waals surface area contributed by atoms with E-state index in [2.05, 4.69) is 38.7 Å². The maximum absolute atomic E-state index is 12.5. The number of carbonyl (C=O) groups is 1. The summed E-state index contributed by atoms with van der Waals surface area (Å²) in [6, 6.07) is 17.9. The molecule has 8 nitrogen and oxygen atoms in total. The van der Waals surface area contributed by atoms with Crippen LogP contribution in [0.3, 0.4) is 0 Å². The molecule has 0 unspecified atom stereocenters. The van der Waals surface area contributed by atoms with Crippen molar-refractivity contribution in [3.63, 3.8) is 0 Å². The van der Waals surface area contributed by atoms with Crippen LogP contribution in [0.15, 0.2) is 54.6 Å². The Labute approximate surface area is 211 Å². The van der Waals surface area contributed by atoms with Crippen LogP contribution in [-0.2, 0) is 11.4 Å². The van der Waals surface area contributed by atoms with Crippen molar-refractivity contribution in [2.75, 3.05) is 44.3 Å². The number of benzene rings is 2. The van der Waals surface area contributed by atoms with Crippen molar-refractivity contribution in [2.45, 2.75) is 32.5 Å². The quantitative estimate of drug-likeness (QED) is 0.532. The van der Waals surface area contributed by atoms with Gasteiger partial charge in [0.2, 0.25) is 10.7 Å². The van der Waals surface area contributed by atoms with Gasteiger partial charge in [0, 0.05) is 37.8 Å². The van der Waals surface area contributed by atoms with Gasteiger partial charge in [-0.05, 0) is 55.7 Å². The zero-order valence-electron chi connectivity index (χ0n) is 20.1. The summed E-state index contributed by atoms with van der Waals surface area (Å²) in [5, 5.41) is 8.17.